The van der Waals surface area contributed by atoms with E-state index in [1.807, 2.05) is 60.7 Å². The molecule has 0 aliphatic carbocycles. The summed E-state index contributed by atoms with van der Waals surface area (Å²) in [6, 6.07) is 29.9. The van der Waals surface area contributed by atoms with Crippen LogP contribution in [0.4, 0.5) is 0 Å². The van der Waals surface area contributed by atoms with Gasteiger partial charge in [0.05, 0.1) is 19.8 Å². The molecule has 0 saturated heterocycles. The Labute approximate surface area is 222 Å². The number of hydrogen-bond donors (Lipinski definition) is 0. The first kappa shape index (κ1) is 26.2. The molecule has 0 spiro atoms. The lowest BCUT2D eigenvalue weighted by molar-refractivity contribution is 0.105. The average Bonchev–Trinajstić information content (AvgIpc) is 2.98. The van der Waals surface area contributed by atoms with Crippen LogP contribution in [0.25, 0.3) is 0 Å². The van der Waals surface area contributed by atoms with E-state index in [4.69, 9.17) is 23.7 Å². The molecule has 0 saturated carbocycles. The van der Waals surface area contributed by atoms with Gasteiger partial charge in [-0.1, -0.05) is 66.6 Å². The molecule has 0 heterocycles. The Bertz CT molecular complexity index is 1400. The van der Waals surface area contributed by atoms with Gasteiger partial charge in [0.1, 0.15) is 37.1 Å². The minimum Gasteiger partial charge on any atom is -0.493 e. The second kappa shape index (κ2) is 13.4. The van der Waals surface area contributed by atoms with Crippen LogP contribution in [0.5, 0.6) is 28.7 Å². The van der Waals surface area contributed by atoms with E-state index in [0.717, 1.165) is 11.1 Å². The molecule has 192 valence electrons. The van der Waals surface area contributed by atoms with E-state index in [0.29, 0.717) is 47.5 Å². The van der Waals surface area contributed by atoms with Crippen LogP contribution >= 0.6 is 0 Å². The quantitative estimate of drug-likeness (QED) is 0.138. The zero-order chi connectivity index (χ0) is 26.6. The summed E-state index contributed by atoms with van der Waals surface area (Å²) in [5.74, 6) is 7.74. The van der Waals surface area contributed by atoms with Crippen LogP contribution in [-0.2, 0) is 13.2 Å². The highest BCUT2D eigenvalue weighted by molar-refractivity contribution is 6.10. The first-order valence-electron chi connectivity index (χ1n) is 12.0. The number of methoxy groups -OCH3 is 2. The summed E-state index contributed by atoms with van der Waals surface area (Å²) in [4.78, 5) is 13.0. The average molecular weight is 509 g/mol. The van der Waals surface area contributed by atoms with Crippen molar-refractivity contribution in [1.29, 1.82) is 0 Å². The summed E-state index contributed by atoms with van der Waals surface area (Å²) in [5, 5.41) is 0. The van der Waals surface area contributed by atoms with Gasteiger partial charge in [-0.25, -0.2) is 0 Å². The Morgan fingerprint density at radius 1 is 0.632 bits per heavy atom. The van der Waals surface area contributed by atoms with Gasteiger partial charge in [-0.2, -0.15) is 0 Å². The predicted molar refractivity (Wildman–Crippen MR) is 145 cm³/mol. The Hall–Kier alpha value is -4.89. The SMILES string of the molecule is COc1ccc(OCC#CC(=O)c2ccc(OCc3ccccc3)cc2OCc2ccccc2)cc1OC. The third-order valence-corrected chi connectivity index (χ3v) is 5.55. The van der Waals surface area contributed by atoms with Crippen molar-refractivity contribution in [2.24, 2.45) is 0 Å². The molecule has 0 aromatic heterocycles. The zero-order valence-corrected chi connectivity index (χ0v) is 21.3. The van der Waals surface area contributed by atoms with Crippen LogP contribution in [-0.4, -0.2) is 26.6 Å². The Morgan fingerprint density at radius 2 is 1.21 bits per heavy atom. The second-order valence-electron chi connectivity index (χ2n) is 8.14. The Kier molecular flexibility index (Phi) is 9.25. The van der Waals surface area contributed by atoms with Crippen LogP contribution in [0.2, 0.25) is 0 Å². The molecule has 6 nitrogen and oxygen atoms in total. The molecule has 0 N–H and O–H groups in total. The number of benzene rings is 4. The normalized spacial score (nSPS) is 10.1. The van der Waals surface area contributed by atoms with Crippen LogP contribution in [0.1, 0.15) is 21.5 Å². The van der Waals surface area contributed by atoms with E-state index in [9.17, 15) is 4.79 Å². The van der Waals surface area contributed by atoms with Crippen molar-refractivity contribution in [3.8, 4) is 40.6 Å². The maximum absolute atomic E-state index is 13.0. The molecule has 0 amide bonds. The van der Waals surface area contributed by atoms with Gasteiger partial charge in [-0.3, -0.25) is 4.79 Å². The lowest BCUT2D eigenvalue weighted by Crippen LogP contribution is -2.05. The predicted octanol–water partition coefficient (Wildman–Crippen LogP) is 6.13. The minimum absolute atomic E-state index is 0.0275. The van der Waals surface area contributed by atoms with Gasteiger partial charge >= 0.3 is 0 Å². The topological polar surface area (TPSA) is 63.2 Å². The first-order valence-corrected chi connectivity index (χ1v) is 12.0. The molecule has 0 aliphatic rings. The fraction of sp³-hybridized carbons (Fsp3) is 0.156. The third kappa shape index (κ3) is 7.31. The fourth-order valence-electron chi connectivity index (χ4n) is 3.59. The van der Waals surface area contributed by atoms with Crippen LogP contribution in [0.15, 0.2) is 97.1 Å². The lowest BCUT2D eigenvalue weighted by atomic mass is 10.1. The number of carbonyl (C=O) groups excluding carboxylic acids is 1. The number of carbonyl (C=O) groups is 1. The molecule has 4 rings (SSSR count). The largest absolute Gasteiger partial charge is 0.493 e. The monoisotopic (exact) mass is 508 g/mol. The molecule has 0 unspecified atom stereocenters. The number of rotatable bonds is 11. The molecule has 0 bridgehead atoms. The van der Waals surface area contributed by atoms with E-state index in [-0.39, 0.29) is 12.4 Å². The summed E-state index contributed by atoms with van der Waals surface area (Å²) in [5.41, 5.74) is 2.38. The third-order valence-electron chi connectivity index (χ3n) is 5.55. The van der Waals surface area contributed by atoms with Gasteiger partial charge in [-0.05, 0) is 41.3 Å². The van der Waals surface area contributed by atoms with Crippen molar-refractivity contribution in [3.05, 3.63) is 114 Å². The smallest absolute Gasteiger partial charge is 0.239 e. The minimum atomic E-state index is -0.376. The van der Waals surface area contributed by atoms with E-state index in [2.05, 4.69) is 11.8 Å². The number of ether oxygens (including phenoxy) is 5. The van der Waals surface area contributed by atoms with Crippen molar-refractivity contribution < 1.29 is 28.5 Å². The fourth-order valence-corrected chi connectivity index (χ4v) is 3.59. The molecule has 0 fully saturated rings. The number of Topliss-reactive ketones (excluding diaryl/α,β-unsaturated/α-hetero) is 1. The summed E-state index contributed by atoms with van der Waals surface area (Å²) in [7, 11) is 3.12. The summed E-state index contributed by atoms with van der Waals surface area (Å²) in [6.07, 6.45) is 0. The van der Waals surface area contributed by atoms with Gasteiger partial charge in [0.25, 0.3) is 0 Å². The molecule has 4 aromatic carbocycles. The zero-order valence-electron chi connectivity index (χ0n) is 21.3. The van der Waals surface area contributed by atoms with Crippen molar-refractivity contribution >= 4 is 5.78 Å². The molecular weight excluding hydrogens is 480 g/mol. The van der Waals surface area contributed by atoms with Crippen molar-refractivity contribution in [2.45, 2.75) is 13.2 Å². The van der Waals surface area contributed by atoms with Gasteiger partial charge in [0.15, 0.2) is 11.5 Å². The van der Waals surface area contributed by atoms with E-state index < -0.39 is 0 Å². The highest BCUT2D eigenvalue weighted by Crippen LogP contribution is 2.31. The standard InChI is InChI=1S/C32H28O6/c1-34-30-18-16-26(21-32(30)35-2)36-19-9-14-29(33)28-17-15-27(37-22-24-10-5-3-6-11-24)20-31(28)38-23-25-12-7-4-8-13-25/h3-8,10-13,15-18,20-21H,19,22-23H2,1-2H3. The first-order chi connectivity index (χ1) is 18.7. The van der Waals surface area contributed by atoms with Crippen molar-refractivity contribution in [3.63, 3.8) is 0 Å². The number of ketones is 1. The lowest BCUT2D eigenvalue weighted by Gasteiger charge is -2.13. The Balaban J connectivity index is 1.46. The van der Waals surface area contributed by atoms with Crippen LogP contribution in [0.3, 0.4) is 0 Å². The highest BCUT2D eigenvalue weighted by Gasteiger charge is 2.13. The van der Waals surface area contributed by atoms with Gasteiger partial charge in [-0.15, -0.1) is 0 Å². The summed E-state index contributed by atoms with van der Waals surface area (Å²) < 4.78 is 28.1. The molecule has 0 atom stereocenters. The van der Waals surface area contributed by atoms with Gasteiger partial charge < -0.3 is 23.7 Å². The molecular formula is C32H28O6. The van der Waals surface area contributed by atoms with Crippen molar-refractivity contribution in [2.75, 3.05) is 20.8 Å². The van der Waals surface area contributed by atoms with E-state index in [1.54, 1.807) is 50.6 Å². The number of hydrogen-bond acceptors (Lipinski definition) is 6. The highest BCUT2D eigenvalue weighted by atomic mass is 16.5. The molecule has 4 aromatic rings. The molecule has 6 heteroatoms. The molecule has 0 radical (unpaired) electrons. The van der Waals surface area contributed by atoms with Crippen LogP contribution < -0.4 is 23.7 Å². The maximum Gasteiger partial charge on any atom is 0.239 e. The van der Waals surface area contributed by atoms with E-state index in [1.165, 1.54) is 0 Å². The molecule has 0 aliphatic heterocycles. The van der Waals surface area contributed by atoms with E-state index >= 15 is 0 Å². The molecule has 38 heavy (non-hydrogen) atoms. The summed E-state index contributed by atoms with van der Waals surface area (Å²) in [6.45, 7) is 0.734. The van der Waals surface area contributed by atoms with Gasteiger partial charge in [0, 0.05) is 12.1 Å². The second-order valence-corrected chi connectivity index (χ2v) is 8.14. The Morgan fingerprint density at radius 3 is 1.87 bits per heavy atom. The van der Waals surface area contributed by atoms with Crippen LogP contribution in [0, 0.1) is 11.8 Å². The van der Waals surface area contributed by atoms with Crippen molar-refractivity contribution in [1.82, 2.24) is 0 Å². The van der Waals surface area contributed by atoms with Gasteiger partial charge in [0.2, 0.25) is 5.78 Å². The maximum atomic E-state index is 13.0. The summed E-state index contributed by atoms with van der Waals surface area (Å²) >= 11 is 0.